The molecule has 0 aliphatic carbocycles. The van der Waals surface area contributed by atoms with Crippen molar-refractivity contribution in [1.82, 2.24) is 9.97 Å². The topological polar surface area (TPSA) is 35.0 Å². The molecule has 0 fully saturated rings. The SMILES string of the molecule is COc1nc(Cl)cnc1Br. The number of ether oxygens (including phenoxy) is 1. The van der Waals surface area contributed by atoms with Crippen LogP contribution in [0.15, 0.2) is 10.8 Å². The molecule has 0 radical (unpaired) electrons. The first kappa shape index (κ1) is 7.75. The summed E-state index contributed by atoms with van der Waals surface area (Å²) in [5.74, 6) is 0.396. The van der Waals surface area contributed by atoms with Crippen LogP contribution in [0.2, 0.25) is 5.15 Å². The maximum atomic E-state index is 5.52. The Balaban J connectivity index is 3.09. The molecule has 0 spiro atoms. The zero-order chi connectivity index (χ0) is 7.56. The standard InChI is InChI=1S/C5H4BrClN2O/c1-10-5-4(6)8-2-3(7)9-5/h2H,1H3. The van der Waals surface area contributed by atoms with Crippen LogP contribution in [0, 0.1) is 0 Å². The van der Waals surface area contributed by atoms with Crippen molar-refractivity contribution in [1.29, 1.82) is 0 Å². The lowest BCUT2D eigenvalue weighted by Gasteiger charge is -1.98. The zero-order valence-electron chi connectivity index (χ0n) is 5.14. The Labute approximate surface area is 71.5 Å². The van der Waals surface area contributed by atoms with Crippen molar-refractivity contribution >= 4 is 27.5 Å². The maximum Gasteiger partial charge on any atom is 0.248 e. The lowest BCUT2D eigenvalue weighted by atomic mass is 10.7. The summed E-state index contributed by atoms with van der Waals surface area (Å²) in [5, 5.41) is 0.319. The van der Waals surface area contributed by atoms with Crippen LogP contribution >= 0.6 is 27.5 Å². The van der Waals surface area contributed by atoms with E-state index in [2.05, 4.69) is 25.9 Å². The molecule has 1 heterocycles. The summed E-state index contributed by atoms with van der Waals surface area (Å²) < 4.78 is 5.38. The van der Waals surface area contributed by atoms with E-state index < -0.39 is 0 Å². The summed E-state index contributed by atoms with van der Waals surface area (Å²) in [6.45, 7) is 0. The molecule has 0 bridgehead atoms. The molecule has 0 aromatic carbocycles. The molecular weight excluding hydrogens is 219 g/mol. The molecule has 54 valence electrons. The van der Waals surface area contributed by atoms with Crippen LogP contribution in [0.25, 0.3) is 0 Å². The molecule has 0 saturated carbocycles. The van der Waals surface area contributed by atoms with E-state index in [0.717, 1.165) is 0 Å². The molecule has 10 heavy (non-hydrogen) atoms. The van der Waals surface area contributed by atoms with Gasteiger partial charge in [0.15, 0.2) is 9.76 Å². The van der Waals surface area contributed by atoms with Crippen molar-refractivity contribution in [2.45, 2.75) is 0 Å². The molecule has 0 saturated heterocycles. The molecule has 5 heteroatoms. The second-order valence-electron chi connectivity index (χ2n) is 1.49. The Morgan fingerprint density at radius 2 is 2.40 bits per heavy atom. The van der Waals surface area contributed by atoms with Gasteiger partial charge in [0.25, 0.3) is 0 Å². The Hall–Kier alpha value is -0.350. The van der Waals surface area contributed by atoms with Crippen LogP contribution in [0.3, 0.4) is 0 Å². The minimum absolute atomic E-state index is 0.319. The monoisotopic (exact) mass is 222 g/mol. The first-order chi connectivity index (χ1) is 4.74. The van der Waals surface area contributed by atoms with Gasteiger partial charge in [0.2, 0.25) is 5.88 Å². The normalized spacial score (nSPS) is 9.50. The molecular formula is C5H4BrClN2O. The number of aromatic nitrogens is 2. The maximum absolute atomic E-state index is 5.52. The van der Waals surface area contributed by atoms with Crippen LogP contribution in [-0.2, 0) is 0 Å². The van der Waals surface area contributed by atoms with E-state index in [1.54, 1.807) is 0 Å². The summed E-state index contributed by atoms with van der Waals surface area (Å²) in [4.78, 5) is 7.67. The smallest absolute Gasteiger partial charge is 0.248 e. The van der Waals surface area contributed by atoms with E-state index in [-0.39, 0.29) is 0 Å². The molecule has 3 nitrogen and oxygen atoms in total. The molecule has 0 N–H and O–H groups in total. The van der Waals surface area contributed by atoms with Gasteiger partial charge in [-0.3, -0.25) is 0 Å². The van der Waals surface area contributed by atoms with E-state index in [0.29, 0.717) is 15.6 Å². The second kappa shape index (κ2) is 3.16. The number of nitrogens with zero attached hydrogens (tertiary/aromatic N) is 2. The van der Waals surface area contributed by atoms with Crippen LogP contribution in [-0.4, -0.2) is 17.1 Å². The Kier molecular flexibility index (Phi) is 2.45. The first-order valence-corrected chi connectivity index (χ1v) is 3.63. The number of hydrogen-bond acceptors (Lipinski definition) is 3. The van der Waals surface area contributed by atoms with E-state index in [4.69, 9.17) is 16.3 Å². The summed E-state index contributed by atoms with van der Waals surface area (Å²) in [6, 6.07) is 0. The van der Waals surface area contributed by atoms with Crippen molar-refractivity contribution in [3.8, 4) is 5.88 Å². The van der Waals surface area contributed by atoms with Gasteiger partial charge >= 0.3 is 0 Å². The van der Waals surface area contributed by atoms with Crippen molar-refractivity contribution in [3.63, 3.8) is 0 Å². The third-order valence-corrected chi connectivity index (χ3v) is 1.59. The van der Waals surface area contributed by atoms with Crippen LogP contribution < -0.4 is 4.74 Å². The quantitative estimate of drug-likeness (QED) is 0.729. The second-order valence-corrected chi connectivity index (χ2v) is 2.63. The predicted molar refractivity (Wildman–Crippen MR) is 41.3 cm³/mol. The number of methoxy groups -OCH3 is 1. The molecule has 1 rings (SSSR count). The summed E-state index contributed by atoms with van der Waals surface area (Å²) in [6.07, 6.45) is 1.44. The highest BCUT2D eigenvalue weighted by atomic mass is 79.9. The molecule has 0 unspecified atom stereocenters. The van der Waals surface area contributed by atoms with Gasteiger partial charge < -0.3 is 4.74 Å². The number of rotatable bonds is 1. The predicted octanol–water partition coefficient (Wildman–Crippen LogP) is 1.90. The first-order valence-electron chi connectivity index (χ1n) is 2.46. The van der Waals surface area contributed by atoms with Gasteiger partial charge in [-0.05, 0) is 15.9 Å². The van der Waals surface area contributed by atoms with E-state index >= 15 is 0 Å². The van der Waals surface area contributed by atoms with Crippen LogP contribution in [0.5, 0.6) is 5.88 Å². The minimum Gasteiger partial charge on any atom is -0.479 e. The summed E-state index contributed by atoms with van der Waals surface area (Å²) in [7, 11) is 1.51. The Morgan fingerprint density at radius 3 is 2.90 bits per heavy atom. The van der Waals surface area contributed by atoms with Gasteiger partial charge in [-0.25, -0.2) is 4.98 Å². The fraction of sp³-hybridized carbons (Fsp3) is 0.200. The minimum atomic E-state index is 0.319. The lowest BCUT2D eigenvalue weighted by molar-refractivity contribution is 0.392. The molecule has 1 aromatic rings. The van der Waals surface area contributed by atoms with Crippen molar-refractivity contribution in [2.75, 3.05) is 7.11 Å². The lowest BCUT2D eigenvalue weighted by Crippen LogP contribution is -1.90. The van der Waals surface area contributed by atoms with Crippen molar-refractivity contribution in [2.24, 2.45) is 0 Å². The van der Waals surface area contributed by atoms with E-state index in [1.165, 1.54) is 13.3 Å². The Bertz CT molecular complexity index is 243. The summed E-state index contributed by atoms with van der Waals surface area (Å²) >= 11 is 8.65. The van der Waals surface area contributed by atoms with Gasteiger partial charge in [-0.15, -0.1) is 0 Å². The van der Waals surface area contributed by atoms with Crippen LogP contribution in [0.4, 0.5) is 0 Å². The molecule has 0 aliphatic rings. The largest absolute Gasteiger partial charge is 0.479 e. The zero-order valence-corrected chi connectivity index (χ0v) is 7.48. The number of hydrogen-bond donors (Lipinski definition) is 0. The number of halogens is 2. The third-order valence-electron chi connectivity index (χ3n) is 0.863. The fourth-order valence-electron chi connectivity index (χ4n) is 0.467. The summed E-state index contributed by atoms with van der Waals surface area (Å²) in [5.41, 5.74) is 0. The van der Waals surface area contributed by atoms with Crippen molar-refractivity contribution in [3.05, 3.63) is 16.0 Å². The molecule has 0 aliphatic heterocycles. The average molecular weight is 223 g/mol. The highest BCUT2D eigenvalue weighted by Gasteiger charge is 2.01. The molecule has 1 aromatic heterocycles. The van der Waals surface area contributed by atoms with Gasteiger partial charge in [-0.1, -0.05) is 11.6 Å². The van der Waals surface area contributed by atoms with E-state index in [1.807, 2.05) is 0 Å². The average Bonchev–Trinajstić information content (AvgIpc) is 1.94. The highest BCUT2D eigenvalue weighted by molar-refractivity contribution is 9.10. The highest BCUT2D eigenvalue weighted by Crippen LogP contribution is 2.20. The molecule has 0 atom stereocenters. The van der Waals surface area contributed by atoms with E-state index in [9.17, 15) is 0 Å². The third kappa shape index (κ3) is 1.58. The van der Waals surface area contributed by atoms with Crippen LogP contribution in [0.1, 0.15) is 0 Å². The van der Waals surface area contributed by atoms with Gasteiger partial charge in [-0.2, -0.15) is 4.98 Å². The Morgan fingerprint density at radius 1 is 1.70 bits per heavy atom. The molecule has 0 amide bonds. The van der Waals surface area contributed by atoms with Gasteiger partial charge in [0.05, 0.1) is 13.3 Å². The van der Waals surface area contributed by atoms with Gasteiger partial charge in [0, 0.05) is 0 Å². The fourth-order valence-corrected chi connectivity index (χ4v) is 0.945. The van der Waals surface area contributed by atoms with Gasteiger partial charge in [0.1, 0.15) is 0 Å². The van der Waals surface area contributed by atoms with Crippen molar-refractivity contribution < 1.29 is 4.74 Å².